The average molecular weight is 365 g/mol. The fraction of sp³-hybridized carbons (Fsp3) is 0.308. The van der Waals surface area contributed by atoms with Gasteiger partial charge >= 0.3 is 6.18 Å². The molecule has 1 N–H and O–H groups in total. The second-order valence-corrected chi connectivity index (χ2v) is 6.22. The summed E-state index contributed by atoms with van der Waals surface area (Å²) in [6.07, 6.45) is -4.43. The fourth-order valence-corrected chi connectivity index (χ4v) is 3.17. The second-order valence-electron chi connectivity index (χ2n) is 4.28. The Balaban J connectivity index is 2.49. The van der Waals surface area contributed by atoms with Crippen molar-refractivity contribution in [2.45, 2.75) is 19.6 Å². The summed E-state index contributed by atoms with van der Waals surface area (Å²) in [5.41, 5.74) is 0.903. The van der Waals surface area contributed by atoms with Crippen LogP contribution in [0.25, 0.3) is 10.6 Å². The molecule has 2 aromatic rings. The van der Waals surface area contributed by atoms with E-state index in [1.165, 1.54) is 0 Å². The normalized spacial score (nSPS) is 11.9. The predicted molar refractivity (Wildman–Crippen MR) is 77.8 cm³/mol. The molecule has 0 unspecified atom stereocenters. The van der Waals surface area contributed by atoms with Crippen LogP contribution in [-0.2, 0) is 12.7 Å². The summed E-state index contributed by atoms with van der Waals surface area (Å²) < 4.78 is 39.7. The Labute approximate surface area is 127 Å². The van der Waals surface area contributed by atoms with E-state index >= 15 is 0 Å². The Hall–Kier alpha value is -0.920. The number of rotatable bonds is 3. The number of aromatic nitrogens is 1. The highest BCUT2D eigenvalue weighted by atomic mass is 79.9. The highest BCUT2D eigenvalue weighted by Crippen LogP contribution is 2.38. The van der Waals surface area contributed by atoms with E-state index in [-0.39, 0.29) is 11.4 Å². The van der Waals surface area contributed by atoms with E-state index < -0.39 is 11.9 Å². The molecule has 20 heavy (non-hydrogen) atoms. The lowest BCUT2D eigenvalue weighted by atomic mass is 10.2. The molecule has 2 nitrogen and oxygen atoms in total. The molecule has 2 rings (SSSR count). The quantitative estimate of drug-likeness (QED) is 0.859. The van der Waals surface area contributed by atoms with E-state index in [0.717, 1.165) is 21.4 Å². The van der Waals surface area contributed by atoms with Gasteiger partial charge in [-0.3, -0.25) is 0 Å². The molecule has 0 radical (unpaired) electrons. The first-order valence-corrected chi connectivity index (χ1v) is 7.42. The van der Waals surface area contributed by atoms with E-state index in [0.29, 0.717) is 10.6 Å². The van der Waals surface area contributed by atoms with Crippen LogP contribution in [0, 0.1) is 6.92 Å². The van der Waals surface area contributed by atoms with Crippen molar-refractivity contribution in [3.8, 4) is 10.6 Å². The van der Waals surface area contributed by atoms with Crippen LogP contribution in [0.4, 0.5) is 13.2 Å². The van der Waals surface area contributed by atoms with Gasteiger partial charge in [0.1, 0.15) is 5.01 Å². The largest absolute Gasteiger partial charge is 0.434 e. The summed E-state index contributed by atoms with van der Waals surface area (Å²) in [5.74, 6) is 0. The predicted octanol–water partition coefficient (Wildman–Crippen LogP) is 4.62. The molecule has 0 fully saturated rings. The number of thiazole rings is 1. The molecule has 7 heteroatoms. The third-order valence-corrected chi connectivity index (χ3v) is 4.68. The summed E-state index contributed by atoms with van der Waals surface area (Å²) in [5, 5.41) is 3.12. The van der Waals surface area contributed by atoms with E-state index in [9.17, 15) is 13.2 Å². The molecule has 1 aromatic carbocycles. The number of nitrogens with zero attached hydrogens (tertiary/aromatic N) is 1. The monoisotopic (exact) mass is 364 g/mol. The van der Waals surface area contributed by atoms with Gasteiger partial charge in [-0.1, -0.05) is 28.1 Å². The first kappa shape index (κ1) is 15.5. The van der Waals surface area contributed by atoms with Gasteiger partial charge in [-0.25, -0.2) is 4.98 Å². The molecule has 1 heterocycles. The lowest BCUT2D eigenvalue weighted by Crippen LogP contribution is -2.12. The molecule has 1 aromatic heterocycles. The lowest BCUT2D eigenvalue weighted by Gasteiger charge is -2.04. The van der Waals surface area contributed by atoms with Crippen molar-refractivity contribution in [3.05, 3.63) is 38.8 Å². The topological polar surface area (TPSA) is 24.9 Å². The number of alkyl halides is 3. The van der Waals surface area contributed by atoms with E-state index in [1.54, 1.807) is 19.2 Å². The SMILES string of the molecule is CNCc1sc(-c2ccc(C)c(Br)c2)nc1C(F)(F)F. The maximum absolute atomic E-state index is 13.0. The number of hydrogen-bond donors (Lipinski definition) is 1. The van der Waals surface area contributed by atoms with Crippen LogP contribution < -0.4 is 5.32 Å². The Morgan fingerprint density at radius 3 is 2.60 bits per heavy atom. The average Bonchev–Trinajstić information content (AvgIpc) is 2.77. The van der Waals surface area contributed by atoms with Gasteiger partial charge in [-0.05, 0) is 25.6 Å². The summed E-state index contributed by atoms with van der Waals surface area (Å²) in [7, 11) is 1.61. The summed E-state index contributed by atoms with van der Waals surface area (Å²) >= 11 is 4.45. The van der Waals surface area contributed by atoms with Crippen LogP contribution in [0.3, 0.4) is 0 Å². The van der Waals surface area contributed by atoms with Gasteiger partial charge in [-0.2, -0.15) is 13.2 Å². The number of nitrogens with one attached hydrogen (secondary N) is 1. The van der Waals surface area contributed by atoms with Crippen LogP contribution in [-0.4, -0.2) is 12.0 Å². The van der Waals surface area contributed by atoms with Crippen molar-refractivity contribution in [3.63, 3.8) is 0 Å². The fourth-order valence-electron chi connectivity index (χ4n) is 1.70. The highest BCUT2D eigenvalue weighted by Gasteiger charge is 2.37. The van der Waals surface area contributed by atoms with Crippen molar-refractivity contribution >= 4 is 27.3 Å². The minimum atomic E-state index is -4.43. The van der Waals surface area contributed by atoms with Crippen molar-refractivity contribution in [1.82, 2.24) is 10.3 Å². The third-order valence-electron chi connectivity index (χ3n) is 2.72. The van der Waals surface area contributed by atoms with Gasteiger partial charge in [0.2, 0.25) is 0 Å². The number of benzene rings is 1. The van der Waals surface area contributed by atoms with Gasteiger partial charge in [0, 0.05) is 16.6 Å². The van der Waals surface area contributed by atoms with Crippen molar-refractivity contribution in [1.29, 1.82) is 0 Å². The van der Waals surface area contributed by atoms with Crippen LogP contribution in [0.5, 0.6) is 0 Å². The first-order chi connectivity index (χ1) is 9.32. The maximum atomic E-state index is 13.0. The molecule has 0 aliphatic rings. The van der Waals surface area contributed by atoms with E-state index in [1.807, 2.05) is 13.0 Å². The molecule has 0 aliphatic heterocycles. The Bertz CT molecular complexity index is 623. The zero-order valence-electron chi connectivity index (χ0n) is 10.8. The first-order valence-electron chi connectivity index (χ1n) is 5.81. The Morgan fingerprint density at radius 2 is 2.05 bits per heavy atom. The molecule has 0 bridgehead atoms. The zero-order chi connectivity index (χ0) is 14.9. The van der Waals surface area contributed by atoms with Gasteiger partial charge in [0.25, 0.3) is 0 Å². The Morgan fingerprint density at radius 1 is 1.35 bits per heavy atom. The van der Waals surface area contributed by atoms with Gasteiger partial charge < -0.3 is 5.32 Å². The molecule has 0 atom stereocenters. The van der Waals surface area contributed by atoms with Crippen LogP contribution in [0.15, 0.2) is 22.7 Å². The van der Waals surface area contributed by atoms with Crippen LogP contribution in [0.1, 0.15) is 16.1 Å². The molecule has 108 valence electrons. The number of halogens is 4. The summed E-state index contributed by atoms with van der Waals surface area (Å²) in [6.45, 7) is 2.07. The summed E-state index contributed by atoms with van der Waals surface area (Å²) in [4.78, 5) is 3.97. The van der Waals surface area contributed by atoms with Crippen LogP contribution in [0.2, 0.25) is 0 Å². The molecule has 0 saturated carbocycles. The van der Waals surface area contributed by atoms with Crippen molar-refractivity contribution in [2.75, 3.05) is 7.05 Å². The number of aryl methyl sites for hydroxylation is 1. The van der Waals surface area contributed by atoms with Gasteiger partial charge in [0.05, 0.1) is 4.88 Å². The zero-order valence-corrected chi connectivity index (χ0v) is 13.2. The maximum Gasteiger partial charge on any atom is 0.434 e. The number of hydrogen-bond acceptors (Lipinski definition) is 3. The molecule has 0 spiro atoms. The van der Waals surface area contributed by atoms with E-state index in [2.05, 4.69) is 26.2 Å². The molecular formula is C13H12BrF3N2S. The molecule has 0 saturated heterocycles. The van der Waals surface area contributed by atoms with Gasteiger partial charge in [-0.15, -0.1) is 11.3 Å². The third kappa shape index (κ3) is 3.21. The van der Waals surface area contributed by atoms with Crippen LogP contribution >= 0.6 is 27.3 Å². The Kier molecular flexibility index (Phi) is 4.51. The smallest absolute Gasteiger partial charge is 0.315 e. The minimum absolute atomic E-state index is 0.152. The minimum Gasteiger partial charge on any atom is -0.315 e. The molecular weight excluding hydrogens is 353 g/mol. The standard InChI is InChI=1S/C13H12BrF3N2S/c1-7-3-4-8(5-9(7)14)12-19-11(13(15,16)17)10(20-12)6-18-2/h3-5,18H,6H2,1-2H3. The molecule has 0 amide bonds. The highest BCUT2D eigenvalue weighted by molar-refractivity contribution is 9.10. The molecule has 0 aliphatic carbocycles. The van der Waals surface area contributed by atoms with Gasteiger partial charge in [0.15, 0.2) is 5.69 Å². The van der Waals surface area contributed by atoms with Crippen molar-refractivity contribution < 1.29 is 13.2 Å². The van der Waals surface area contributed by atoms with Crippen molar-refractivity contribution in [2.24, 2.45) is 0 Å². The second kappa shape index (κ2) is 5.83. The summed E-state index contributed by atoms with van der Waals surface area (Å²) in [6, 6.07) is 5.42. The lowest BCUT2D eigenvalue weighted by molar-refractivity contribution is -0.141. The van der Waals surface area contributed by atoms with E-state index in [4.69, 9.17) is 0 Å².